The van der Waals surface area contributed by atoms with E-state index >= 15 is 0 Å². The summed E-state index contributed by atoms with van der Waals surface area (Å²) in [6.07, 6.45) is 3.03. The first kappa shape index (κ1) is 19.7. The van der Waals surface area contributed by atoms with E-state index in [9.17, 15) is 18.0 Å². The van der Waals surface area contributed by atoms with Gasteiger partial charge >= 0.3 is 0 Å². The number of imide groups is 1. The lowest BCUT2D eigenvalue weighted by Gasteiger charge is -2.27. The highest BCUT2D eigenvalue weighted by Gasteiger charge is 2.44. The number of carbonyl (C=O) groups excluding carboxylic acids is 2. The SMILES string of the molecule is COc1ccc([C@@H](CS(C)(=O)=O)N2C(=O)c3csc(N)c3C2=O)cc1OC1CC1. The van der Waals surface area contributed by atoms with Crippen molar-refractivity contribution in [1.29, 1.82) is 0 Å². The summed E-state index contributed by atoms with van der Waals surface area (Å²) in [6.45, 7) is 0. The quantitative estimate of drug-likeness (QED) is 0.662. The number of nitrogen functional groups attached to an aromatic ring is 1. The van der Waals surface area contributed by atoms with Crippen LogP contribution in [0.5, 0.6) is 11.5 Å². The molecule has 2 heterocycles. The molecule has 2 aromatic rings. The number of nitrogens with zero attached hydrogens (tertiary/aromatic N) is 1. The highest BCUT2D eigenvalue weighted by atomic mass is 32.2. The van der Waals surface area contributed by atoms with Crippen molar-refractivity contribution < 1.29 is 27.5 Å². The van der Waals surface area contributed by atoms with Gasteiger partial charge in [0.2, 0.25) is 0 Å². The standard InChI is InChI=1S/C19H20N2O6S2/c1-26-14-6-3-10(7-15(14)27-11-4-5-11)13(9-29(2,24)25)21-18(22)12-8-28-17(20)16(12)19(21)23/h3,6-8,11,13H,4-5,9,20H2,1-2H3/t13-/m1/s1. The number of thiophene rings is 1. The largest absolute Gasteiger partial charge is 0.493 e. The van der Waals surface area contributed by atoms with Gasteiger partial charge in [0.15, 0.2) is 11.5 Å². The van der Waals surface area contributed by atoms with Crippen LogP contribution in [-0.4, -0.2) is 50.4 Å². The Balaban J connectivity index is 1.77. The molecular weight excluding hydrogens is 416 g/mol. The third-order valence-corrected chi connectivity index (χ3v) is 6.60. The van der Waals surface area contributed by atoms with Gasteiger partial charge < -0.3 is 15.2 Å². The van der Waals surface area contributed by atoms with Crippen LogP contribution < -0.4 is 15.2 Å². The lowest BCUT2D eigenvalue weighted by molar-refractivity contribution is 0.0597. The molecule has 2 N–H and O–H groups in total. The van der Waals surface area contributed by atoms with Crippen molar-refractivity contribution in [3.63, 3.8) is 0 Å². The Morgan fingerprint density at radius 2 is 1.97 bits per heavy atom. The number of rotatable bonds is 7. The average Bonchev–Trinajstić information content (AvgIpc) is 3.32. The molecule has 0 bridgehead atoms. The summed E-state index contributed by atoms with van der Waals surface area (Å²) in [5.41, 5.74) is 6.68. The Hall–Kier alpha value is -2.59. The minimum absolute atomic E-state index is 0.0917. The number of amides is 2. The van der Waals surface area contributed by atoms with Gasteiger partial charge in [0, 0.05) is 11.6 Å². The number of fused-ring (bicyclic) bond motifs is 1. The average molecular weight is 437 g/mol. The maximum absolute atomic E-state index is 13.0. The third-order valence-electron chi connectivity index (χ3n) is 4.86. The molecule has 2 aliphatic rings. The number of sulfone groups is 1. The van der Waals surface area contributed by atoms with Crippen LogP contribution in [-0.2, 0) is 9.84 Å². The first-order valence-corrected chi connectivity index (χ1v) is 11.9. The van der Waals surface area contributed by atoms with Gasteiger partial charge in [-0.1, -0.05) is 6.07 Å². The number of hydrogen-bond acceptors (Lipinski definition) is 8. The number of hydrogen-bond donors (Lipinski definition) is 1. The fraction of sp³-hybridized carbons (Fsp3) is 0.368. The van der Waals surface area contributed by atoms with E-state index in [-0.39, 0.29) is 22.2 Å². The summed E-state index contributed by atoms with van der Waals surface area (Å²) in [6, 6.07) is 3.93. The minimum Gasteiger partial charge on any atom is -0.493 e. The highest BCUT2D eigenvalue weighted by molar-refractivity contribution is 7.90. The predicted octanol–water partition coefficient (Wildman–Crippen LogP) is 2.26. The molecule has 154 valence electrons. The van der Waals surface area contributed by atoms with Crippen molar-refractivity contribution in [2.45, 2.75) is 25.0 Å². The third kappa shape index (κ3) is 3.69. The van der Waals surface area contributed by atoms with Gasteiger partial charge in [0.05, 0.1) is 41.1 Å². The Morgan fingerprint density at radius 1 is 1.24 bits per heavy atom. The van der Waals surface area contributed by atoms with Crippen molar-refractivity contribution in [2.75, 3.05) is 24.9 Å². The lowest BCUT2D eigenvalue weighted by Crippen LogP contribution is -2.38. The van der Waals surface area contributed by atoms with E-state index < -0.39 is 33.4 Å². The molecule has 0 saturated heterocycles. The second-order valence-corrected chi connectivity index (χ2v) is 10.3. The summed E-state index contributed by atoms with van der Waals surface area (Å²) in [5.74, 6) is -0.586. The van der Waals surface area contributed by atoms with Gasteiger partial charge in [-0.3, -0.25) is 14.5 Å². The smallest absolute Gasteiger partial charge is 0.265 e. The molecule has 1 aliphatic carbocycles. The van der Waals surface area contributed by atoms with Crippen LogP contribution in [0.2, 0.25) is 0 Å². The van der Waals surface area contributed by atoms with Crippen LogP contribution in [0, 0.1) is 0 Å². The van der Waals surface area contributed by atoms with Crippen LogP contribution in [0.4, 0.5) is 5.00 Å². The molecule has 29 heavy (non-hydrogen) atoms. The summed E-state index contributed by atoms with van der Waals surface area (Å²) < 4.78 is 35.5. The second-order valence-electron chi connectivity index (χ2n) is 7.20. The summed E-state index contributed by atoms with van der Waals surface area (Å²) in [7, 11) is -2.01. The molecule has 0 unspecified atom stereocenters. The van der Waals surface area contributed by atoms with Gasteiger partial charge in [-0.25, -0.2) is 8.42 Å². The van der Waals surface area contributed by atoms with E-state index in [1.54, 1.807) is 18.2 Å². The van der Waals surface area contributed by atoms with E-state index in [2.05, 4.69) is 0 Å². The Labute approximate surface area is 172 Å². The maximum Gasteiger partial charge on any atom is 0.265 e. The van der Waals surface area contributed by atoms with Crippen LogP contribution in [0.25, 0.3) is 0 Å². The molecule has 8 nitrogen and oxygen atoms in total. The number of anilines is 1. The van der Waals surface area contributed by atoms with Crippen LogP contribution in [0.15, 0.2) is 23.6 Å². The molecule has 0 spiro atoms. The zero-order chi connectivity index (χ0) is 20.9. The Morgan fingerprint density at radius 3 is 2.55 bits per heavy atom. The molecule has 1 aromatic carbocycles. The molecule has 2 amide bonds. The van der Waals surface area contributed by atoms with E-state index in [0.717, 1.165) is 35.3 Å². The first-order valence-electron chi connectivity index (χ1n) is 8.96. The Kier molecular flexibility index (Phi) is 4.78. The summed E-state index contributed by atoms with van der Waals surface area (Å²) in [5, 5.41) is 1.77. The molecule has 1 atom stereocenters. The lowest BCUT2D eigenvalue weighted by atomic mass is 10.1. The van der Waals surface area contributed by atoms with E-state index in [4.69, 9.17) is 15.2 Å². The van der Waals surface area contributed by atoms with Gasteiger partial charge in [0.25, 0.3) is 11.8 Å². The van der Waals surface area contributed by atoms with Crippen molar-refractivity contribution in [3.05, 3.63) is 40.3 Å². The molecule has 0 radical (unpaired) electrons. The zero-order valence-corrected chi connectivity index (χ0v) is 17.5. The van der Waals surface area contributed by atoms with Gasteiger partial charge in [-0.05, 0) is 30.5 Å². The van der Waals surface area contributed by atoms with E-state index in [1.165, 1.54) is 12.5 Å². The zero-order valence-electron chi connectivity index (χ0n) is 15.9. The fourth-order valence-corrected chi connectivity index (χ4v) is 5.03. The minimum atomic E-state index is -3.52. The molecule has 10 heteroatoms. The highest BCUT2D eigenvalue weighted by Crippen LogP contribution is 2.41. The fourth-order valence-electron chi connectivity index (χ4n) is 3.34. The van der Waals surface area contributed by atoms with Gasteiger partial charge in [0.1, 0.15) is 9.84 Å². The maximum atomic E-state index is 13.0. The molecule has 1 saturated carbocycles. The normalized spacial score (nSPS) is 17.4. The van der Waals surface area contributed by atoms with Crippen molar-refractivity contribution in [1.82, 2.24) is 4.90 Å². The monoisotopic (exact) mass is 436 g/mol. The Bertz CT molecular complexity index is 1100. The molecule has 1 fully saturated rings. The second kappa shape index (κ2) is 7.03. The van der Waals surface area contributed by atoms with Crippen LogP contribution in [0.1, 0.15) is 45.2 Å². The molecule has 4 rings (SSSR count). The number of methoxy groups -OCH3 is 1. The number of ether oxygens (including phenoxy) is 2. The van der Waals surface area contributed by atoms with Crippen molar-refractivity contribution in [3.8, 4) is 11.5 Å². The van der Waals surface area contributed by atoms with E-state index in [0.29, 0.717) is 17.1 Å². The topological polar surface area (TPSA) is 116 Å². The summed E-state index contributed by atoms with van der Waals surface area (Å²) >= 11 is 1.11. The molecule has 1 aromatic heterocycles. The van der Waals surface area contributed by atoms with Crippen LogP contribution in [0.3, 0.4) is 0 Å². The first-order chi connectivity index (χ1) is 13.7. The van der Waals surface area contributed by atoms with Gasteiger partial charge in [-0.15, -0.1) is 11.3 Å². The van der Waals surface area contributed by atoms with Gasteiger partial charge in [-0.2, -0.15) is 0 Å². The van der Waals surface area contributed by atoms with E-state index in [1.807, 2.05) is 0 Å². The molecular formula is C19H20N2O6S2. The van der Waals surface area contributed by atoms with Crippen molar-refractivity contribution >= 4 is 38.0 Å². The molecule has 1 aliphatic heterocycles. The van der Waals surface area contributed by atoms with Crippen LogP contribution >= 0.6 is 11.3 Å². The number of benzene rings is 1. The number of carbonyl (C=O) groups is 2. The van der Waals surface area contributed by atoms with Crippen molar-refractivity contribution in [2.24, 2.45) is 0 Å². The number of nitrogens with two attached hydrogens (primary N) is 1. The summed E-state index contributed by atoms with van der Waals surface area (Å²) in [4.78, 5) is 26.9. The predicted molar refractivity (Wildman–Crippen MR) is 108 cm³/mol.